The van der Waals surface area contributed by atoms with E-state index in [0.717, 1.165) is 51.5 Å². The number of hydrogen-bond acceptors (Lipinski definition) is 3. The molecular weight excluding hydrogens is 305 g/mol. The smallest absolute Gasteiger partial charge is 0.416 e. The van der Waals surface area contributed by atoms with Crippen LogP contribution in [0, 0.1) is 0 Å². The first-order valence-corrected chi connectivity index (χ1v) is 8.16. The number of ether oxygens (including phenoxy) is 1. The number of halogens is 3. The second-order valence-electron chi connectivity index (χ2n) is 5.94. The molecule has 130 valence electrons. The summed E-state index contributed by atoms with van der Waals surface area (Å²) in [5, 5.41) is 3.29. The molecule has 23 heavy (non-hydrogen) atoms. The first-order chi connectivity index (χ1) is 11.0. The fourth-order valence-corrected chi connectivity index (χ4v) is 3.05. The molecule has 1 N–H and O–H groups in total. The van der Waals surface area contributed by atoms with Crippen LogP contribution in [0.15, 0.2) is 18.2 Å². The summed E-state index contributed by atoms with van der Waals surface area (Å²) in [6.07, 6.45) is -1.48. The van der Waals surface area contributed by atoms with Gasteiger partial charge in [-0.05, 0) is 30.2 Å². The number of unbranched alkanes of at least 4 members (excludes halogenated alkanes) is 1. The number of nitrogens with one attached hydrogen (secondary N) is 1. The molecule has 1 aromatic carbocycles. The lowest BCUT2D eigenvalue weighted by Gasteiger charge is -2.35. The van der Waals surface area contributed by atoms with Gasteiger partial charge in [-0.1, -0.05) is 19.8 Å². The number of benzene rings is 1. The molecule has 0 aromatic heterocycles. The normalized spacial score (nSPS) is 18.0. The minimum absolute atomic E-state index is 0.00764. The zero-order chi connectivity index (χ0) is 16.9. The monoisotopic (exact) mass is 330 g/mol. The van der Waals surface area contributed by atoms with Gasteiger partial charge in [0.2, 0.25) is 0 Å². The van der Waals surface area contributed by atoms with Crippen LogP contribution in [0.5, 0.6) is 5.75 Å². The fourth-order valence-electron chi connectivity index (χ4n) is 3.05. The summed E-state index contributed by atoms with van der Waals surface area (Å²) in [6, 6.07) is 4.11. The largest absolute Gasteiger partial charge is 0.497 e. The van der Waals surface area contributed by atoms with Crippen LogP contribution in [0.1, 0.15) is 43.4 Å². The first-order valence-electron chi connectivity index (χ1n) is 8.16. The summed E-state index contributed by atoms with van der Waals surface area (Å²) in [5.74, 6) is 0.270. The summed E-state index contributed by atoms with van der Waals surface area (Å²) in [5.41, 5.74) is 0.0653. The van der Waals surface area contributed by atoms with Gasteiger partial charge >= 0.3 is 6.18 Å². The molecule has 6 heteroatoms. The molecule has 1 atom stereocenters. The van der Waals surface area contributed by atoms with Crippen molar-refractivity contribution in [1.29, 1.82) is 0 Å². The highest BCUT2D eigenvalue weighted by Crippen LogP contribution is 2.36. The third kappa shape index (κ3) is 4.85. The highest BCUT2D eigenvalue weighted by molar-refractivity contribution is 5.37. The zero-order valence-corrected chi connectivity index (χ0v) is 13.7. The van der Waals surface area contributed by atoms with Gasteiger partial charge in [0, 0.05) is 32.2 Å². The molecule has 1 fully saturated rings. The van der Waals surface area contributed by atoms with Crippen molar-refractivity contribution in [2.75, 3.05) is 33.3 Å². The minimum Gasteiger partial charge on any atom is -0.497 e. The van der Waals surface area contributed by atoms with Crippen LogP contribution in [0.25, 0.3) is 0 Å². The molecule has 1 aliphatic rings. The molecular formula is C17H25F3N2O. The van der Waals surface area contributed by atoms with Gasteiger partial charge in [0.1, 0.15) is 5.75 Å². The maximum absolute atomic E-state index is 13.2. The molecule has 0 spiro atoms. The second-order valence-corrected chi connectivity index (χ2v) is 5.94. The van der Waals surface area contributed by atoms with Crippen LogP contribution in [0.3, 0.4) is 0 Å². The Morgan fingerprint density at radius 2 is 1.91 bits per heavy atom. The Hall–Kier alpha value is -1.27. The second kappa shape index (κ2) is 8.02. The van der Waals surface area contributed by atoms with Crippen LogP contribution in [-0.4, -0.2) is 38.2 Å². The maximum Gasteiger partial charge on any atom is 0.416 e. The van der Waals surface area contributed by atoms with E-state index < -0.39 is 11.7 Å². The van der Waals surface area contributed by atoms with Crippen LogP contribution < -0.4 is 10.1 Å². The number of nitrogens with zero attached hydrogens (tertiary/aromatic N) is 1. The summed E-state index contributed by atoms with van der Waals surface area (Å²) in [6.45, 7) is 5.55. The third-order valence-corrected chi connectivity index (χ3v) is 4.30. The molecule has 0 unspecified atom stereocenters. The highest BCUT2D eigenvalue weighted by atomic mass is 19.4. The van der Waals surface area contributed by atoms with Gasteiger partial charge in [-0.2, -0.15) is 13.2 Å². The van der Waals surface area contributed by atoms with Crippen LogP contribution in [0.2, 0.25) is 0 Å². The van der Waals surface area contributed by atoms with Gasteiger partial charge in [-0.3, -0.25) is 4.90 Å². The fraction of sp³-hybridized carbons (Fsp3) is 0.647. The van der Waals surface area contributed by atoms with E-state index >= 15 is 0 Å². The summed E-state index contributed by atoms with van der Waals surface area (Å²) in [4.78, 5) is 2.28. The number of alkyl halides is 3. The SMILES string of the molecule is CCCC[C@H](c1cc(OC)cc(C(F)(F)F)c1)N1CCNCC1. The van der Waals surface area contributed by atoms with Gasteiger partial charge in [0.05, 0.1) is 12.7 Å². The molecule has 0 saturated carbocycles. The molecule has 2 rings (SSSR count). The number of methoxy groups -OCH3 is 1. The first kappa shape index (κ1) is 18.1. The predicted octanol–water partition coefficient (Wildman–Crippen LogP) is 3.85. The van der Waals surface area contributed by atoms with E-state index in [9.17, 15) is 13.2 Å². The number of hydrogen-bond donors (Lipinski definition) is 1. The average molecular weight is 330 g/mol. The van der Waals surface area contributed by atoms with Crippen LogP contribution in [-0.2, 0) is 6.18 Å². The average Bonchev–Trinajstić information content (AvgIpc) is 2.55. The van der Waals surface area contributed by atoms with Crippen molar-refractivity contribution in [2.24, 2.45) is 0 Å². The Morgan fingerprint density at radius 3 is 2.48 bits per heavy atom. The molecule has 0 aliphatic carbocycles. The van der Waals surface area contributed by atoms with Gasteiger partial charge < -0.3 is 10.1 Å². The summed E-state index contributed by atoms with van der Waals surface area (Å²) in [7, 11) is 1.41. The summed E-state index contributed by atoms with van der Waals surface area (Å²) >= 11 is 0. The van der Waals surface area contributed by atoms with Crippen molar-refractivity contribution in [2.45, 2.75) is 38.4 Å². The van der Waals surface area contributed by atoms with E-state index in [2.05, 4.69) is 17.1 Å². The van der Waals surface area contributed by atoms with E-state index in [1.165, 1.54) is 13.2 Å². The Morgan fingerprint density at radius 1 is 1.22 bits per heavy atom. The molecule has 0 amide bonds. The Kier molecular flexibility index (Phi) is 6.30. The molecule has 0 radical (unpaired) electrons. The van der Waals surface area contributed by atoms with Crippen molar-refractivity contribution in [1.82, 2.24) is 10.2 Å². The van der Waals surface area contributed by atoms with E-state index in [1.54, 1.807) is 6.07 Å². The lowest BCUT2D eigenvalue weighted by molar-refractivity contribution is -0.137. The van der Waals surface area contributed by atoms with E-state index in [1.807, 2.05) is 0 Å². The van der Waals surface area contributed by atoms with Crippen molar-refractivity contribution in [3.63, 3.8) is 0 Å². The number of piperazine rings is 1. The Labute approximate surface area is 135 Å². The third-order valence-electron chi connectivity index (χ3n) is 4.30. The molecule has 1 aromatic rings. The maximum atomic E-state index is 13.2. The standard InChI is InChI=1S/C17H25F3N2O/c1-3-4-5-16(22-8-6-21-7-9-22)13-10-14(17(18,19)20)12-15(11-13)23-2/h10-12,16,21H,3-9H2,1-2H3/t16-/m1/s1. The van der Waals surface area contributed by atoms with Gasteiger partial charge in [0.15, 0.2) is 0 Å². The molecule has 1 aliphatic heterocycles. The quantitative estimate of drug-likeness (QED) is 0.857. The van der Waals surface area contributed by atoms with Gasteiger partial charge in [-0.15, -0.1) is 0 Å². The minimum atomic E-state index is -4.36. The van der Waals surface area contributed by atoms with Crippen molar-refractivity contribution in [3.05, 3.63) is 29.3 Å². The molecule has 3 nitrogen and oxygen atoms in total. The predicted molar refractivity (Wildman–Crippen MR) is 84.7 cm³/mol. The summed E-state index contributed by atoms with van der Waals surface area (Å²) < 4.78 is 44.6. The van der Waals surface area contributed by atoms with E-state index in [4.69, 9.17) is 4.74 Å². The Balaban J connectivity index is 2.35. The molecule has 1 heterocycles. The van der Waals surface area contributed by atoms with Crippen molar-refractivity contribution >= 4 is 0 Å². The topological polar surface area (TPSA) is 24.5 Å². The Bertz CT molecular complexity index is 499. The number of rotatable bonds is 6. The lowest BCUT2D eigenvalue weighted by Crippen LogP contribution is -2.45. The van der Waals surface area contributed by atoms with Gasteiger partial charge in [-0.25, -0.2) is 0 Å². The van der Waals surface area contributed by atoms with Crippen molar-refractivity contribution in [3.8, 4) is 5.75 Å². The van der Waals surface area contributed by atoms with Crippen molar-refractivity contribution < 1.29 is 17.9 Å². The van der Waals surface area contributed by atoms with E-state index in [-0.39, 0.29) is 11.8 Å². The van der Waals surface area contributed by atoms with E-state index in [0.29, 0.717) is 5.56 Å². The zero-order valence-electron chi connectivity index (χ0n) is 13.7. The van der Waals surface area contributed by atoms with Gasteiger partial charge in [0.25, 0.3) is 0 Å². The van der Waals surface area contributed by atoms with Crippen LogP contribution in [0.4, 0.5) is 13.2 Å². The highest BCUT2D eigenvalue weighted by Gasteiger charge is 2.33. The molecule has 0 bridgehead atoms. The lowest BCUT2D eigenvalue weighted by atomic mass is 9.96. The molecule has 1 saturated heterocycles. The van der Waals surface area contributed by atoms with Crippen LogP contribution >= 0.6 is 0 Å².